The largest absolute Gasteiger partial charge is 0.497 e. The third kappa shape index (κ3) is 4.70. The summed E-state index contributed by atoms with van der Waals surface area (Å²) in [6.45, 7) is 2.69. The van der Waals surface area contributed by atoms with E-state index in [1.165, 1.54) is 0 Å². The summed E-state index contributed by atoms with van der Waals surface area (Å²) in [5.74, 6) is 1.64. The molecule has 2 heterocycles. The van der Waals surface area contributed by atoms with Gasteiger partial charge in [-0.05, 0) is 54.6 Å². The second-order valence-electron chi connectivity index (χ2n) is 8.49. The molecule has 2 aliphatic rings. The molecule has 0 radical (unpaired) electrons. The van der Waals surface area contributed by atoms with Crippen LogP contribution < -0.4 is 24.4 Å². The van der Waals surface area contributed by atoms with E-state index < -0.39 is 0 Å². The highest BCUT2D eigenvalue weighted by molar-refractivity contribution is 6.09. The zero-order valence-electron chi connectivity index (χ0n) is 20.2. The van der Waals surface area contributed by atoms with Gasteiger partial charge in [-0.1, -0.05) is 18.2 Å². The number of rotatable bonds is 5. The quantitative estimate of drug-likeness (QED) is 0.550. The maximum absolute atomic E-state index is 13.2. The van der Waals surface area contributed by atoms with Gasteiger partial charge in [-0.25, -0.2) is 0 Å². The number of anilines is 2. The first-order valence-corrected chi connectivity index (χ1v) is 11.7. The first-order valence-electron chi connectivity index (χ1n) is 11.7. The van der Waals surface area contributed by atoms with Crippen molar-refractivity contribution >= 4 is 29.3 Å². The van der Waals surface area contributed by atoms with Crippen molar-refractivity contribution in [3.63, 3.8) is 0 Å². The van der Waals surface area contributed by atoms with Gasteiger partial charge in [0.2, 0.25) is 0 Å². The summed E-state index contributed by atoms with van der Waals surface area (Å²) < 4.78 is 16.4. The SMILES string of the molecule is COc1ccc(N2CCN(C(=O)c3ccc4c(c3)NC(=O)/C(=C\c3ccccc3OC)O4)CC2)cc1. The van der Waals surface area contributed by atoms with Crippen LogP contribution in [0.5, 0.6) is 17.2 Å². The second kappa shape index (κ2) is 10.0. The predicted octanol–water partition coefficient (Wildman–Crippen LogP) is 4.04. The van der Waals surface area contributed by atoms with Crippen LogP contribution in [0.25, 0.3) is 6.08 Å². The molecule has 3 aromatic carbocycles. The van der Waals surface area contributed by atoms with Crippen LogP contribution >= 0.6 is 0 Å². The van der Waals surface area contributed by atoms with E-state index in [0.717, 1.165) is 30.1 Å². The van der Waals surface area contributed by atoms with Crippen LogP contribution in [0.15, 0.2) is 72.5 Å². The summed E-state index contributed by atoms with van der Waals surface area (Å²) in [5.41, 5.74) is 2.82. The molecule has 1 fully saturated rings. The van der Waals surface area contributed by atoms with E-state index >= 15 is 0 Å². The Morgan fingerprint density at radius 1 is 0.944 bits per heavy atom. The Kier molecular flexibility index (Phi) is 6.49. The molecule has 0 bridgehead atoms. The molecule has 1 saturated heterocycles. The van der Waals surface area contributed by atoms with Gasteiger partial charge in [0.05, 0.1) is 19.9 Å². The van der Waals surface area contributed by atoms with E-state index in [2.05, 4.69) is 10.2 Å². The molecule has 2 amide bonds. The number of benzene rings is 3. The van der Waals surface area contributed by atoms with Crippen molar-refractivity contribution in [2.75, 3.05) is 50.6 Å². The van der Waals surface area contributed by atoms with Crippen LogP contribution in [0.3, 0.4) is 0 Å². The number of hydrogen-bond acceptors (Lipinski definition) is 6. The van der Waals surface area contributed by atoms with Crippen LogP contribution in [0.1, 0.15) is 15.9 Å². The monoisotopic (exact) mass is 485 g/mol. The van der Waals surface area contributed by atoms with E-state index in [1.807, 2.05) is 53.4 Å². The molecule has 8 heteroatoms. The smallest absolute Gasteiger partial charge is 0.291 e. The van der Waals surface area contributed by atoms with Gasteiger partial charge in [-0.3, -0.25) is 9.59 Å². The highest BCUT2D eigenvalue weighted by Gasteiger charge is 2.26. The van der Waals surface area contributed by atoms with E-state index in [1.54, 1.807) is 38.5 Å². The fourth-order valence-corrected chi connectivity index (χ4v) is 4.36. The normalized spacial score (nSPS) is 16.2. The standard InChI is InChI=1S/C28H27N3O5/c1-34-22-10-8-21(9-11-22)30-13-15-31(16-14-30)28(33)20-7-12-25-23(17-20)29-27(32)26(36-25)18-19-5-3-4-6-24(19)35-2/h3-12,17-18H,13-16H2,1-2H3,(H,29,32)/b26-18+. The second-order valence-corrected chi connectivity index (χ2v) is 8.49. The van der Waals surface area contributed by atoms with Crippen LogP contribution in [0.4, 0.5) is 11.4 Å². The number of piperazine rings is 1. The minimum Gasteiger partial charge on any atom is -0.497 e. The average molecular weight is 486 g/mol. The number of carbonyl (C=O) groups is 2. The molecule has 0 atom stereocenters. The van der Waals surface area contributed by atoms with Crippen molar-refractivity contribution in [1.29, 1.82) is 0 Å². The molecular weight excluding hydrogens is 458 g/mol. The number of amides is 2. The lowest BCUT2D eigenvalue weighted by Gasteiger charge is -2.36. The summed E-state index contributed by atoms with van der Waals surface area (Å²) in [6, 6.07) is 20.4. The third-order valence-corrected chi connectivity index (χ3v) is 6.35. The molecule has 8 nitrogen and oxygen atoms in total. The minimum atomic E-state index is -0.383. The maximum atomic E-state index is 13.2. The zero-order chi connectivity index (χ0) is 25.1. The molecule has 0 unspecified atom stereocenters. The lowest BCUT2D eigenvalue weighted by atomic mass is 10.1. The van der Waals surface area contributed by atoms with Gasteiger partial charge in [0.15, 0.2) is 11.5 Å². The summed E-state index contributed by atoms with van der Waals surface area (Å²) in [4.78, 5) is 30.0. The number of nitrogens with one attached hydrogen (secondary N) is 1. The number of hydrogen-bond donors (Lipinski definition) is 1. The summed E-state index contributed by atoms with van der Waals surface area (Å²) >= 11 is 0. The Bertz CT molecular complexity index is 1310. The van der Waals surface area contributed by atoms with Crippen molar-refractivity contribution in [2.45, 2.75) is 0 Å². The van der Waals surface area contributed by atoms with Crippen molar-refractivity contribution < 1.29 is 23.8 Å². The van der Waals surface area contributed by atoms with E-state index in [4.69, 9.17) is 14.2 Å². The number of para-hydroxylation sites is 1. The van der Waals surface area contributed by atoms with Crippen LogP contribution in [0.2, 0.25) is 0 Å². The van der Waals surface area contributed by atoms with Crippen molar-refractivity contribution in [3.05, 3.63) is 83.6 Å². The zero-order valence-corrected chi connectivity index (χ0v) is 20.2. The molecule has 0 spiro atoms. The highest BCUT2D eigenvalue weighted by Crippen LogP contribution is 2.33. The highest BCUT2D eigenvalue weighted by atomic mass is 16.5. The van der Waals surface area contributed by atoms with Gasteiger partial charge in [0, 0.05) is 43.0 Å². The molecule has 0 aromatic heterocycles. The Labute approximate surface area is 209 Å². The Morgan fingerprint density at radius 3 is 2.42 bits per heavy atom. The lowest BCUT2D eigenvalue weighted by Crippen LogP contribution is -2.48. The van der Waals surface area contributed by atoms with Gasteiger partial charge in [-0.15, -0.1) is 0 Å². The van der Waals surface area contributed by atoms with Crippen LogP contribution in [-0.4, -0.2) is 57.1 Å². The summed E-state index contributed by atoms with van der Waals surface area (Å²) in [7, 11) is 3.22. The van der Waals surface area contributed by atoms with Gasteiger partial charge in [0.25, 0.3) is 11.8 Å². The molecule has 0 saturated carbocycles. The molecule has 5 rings (SSSR count). The molecule has 2 aliphatic heterocycles. The van der Waals surface area contributed by atoms with Gasteiger partial charge in [0.1, 0.15) is 11.5 Å². The predicted molar refractivity (Wildman–Crippen MR) is 138 cm³/mol. The maximum Gasteiger partial charge on any atom is 0.291 e. The first-order chi connectivity index (χ1) is 17.6. The number of carbonyl (C=O) groups excluding carboxylic acids is 2. The lowest BCUT2D eigenvalue weighted by molar-refractivity contribution is -0.115. The van der Waals surface area contributed by atoms with E-state index in [9.17, 15) is 9.59 Å². The molecule has 1 N–H and O–H groups in total. The van der Waals surface area contributed by atoms with Crippen LogP contribution in [-0.2, 0) is 4.79 Å². The summed E-state index contributed by atoms with van der Waals surface area (Å²) in [6.07, 6.45) is 1.64. The molecular formula is C28H27N3O5. The molecule has 184 valence electrons. The number of nitrogens with zero attached hydrogens (tertiary/aromatic N) is 2. The first kappa shape index (κ1) is 23.3. The topological polar surface area (TPSA) is 80.3 Å². The Hall–Kier alpha value is -4.46. The fraction of sp³-hybridized carbons (Fsp3) is 0.214. The van der Waals surface area contributed by atoms with Gasteiger partial charge in [-0.2, -0.15) is 0 Å². The number of methoxy groups -OCH3 is 2. The van der Waals surface area contributed by atoms with Gasteiger partial charge < -0.3 is 29.3 Å². The minimum absolute atomic E-state index is 0.0724. The number of ether oxygens (including phenoxy) is 3. The third-order valence-electron chi connectivity index (χ3n) is 6.35. The molecule has 0 aliphatic carbocycles. The van der Waals surface area contributed by atoms with Crippen molar-refractivity contribution in [3.8, 4) is 17.2 Å². The molecule has 36 heavy (non-hydrogen) atoms. The molecule has 3 aromatic rings. The fourth-order valence-electron chi connectivity index (χ4n) is 4.36. The number of fused-ring (bicyclic) bond motifs is 1. The van der Waals surface area contributed by atoms with Crippen LogP contribution in [0, 0.1) is 0 Å². The van der Waals surface area contributed by atoms with E-state index in [-0.39, 0.29) is 17.6 Å². The summed E-state index contributed by atoms with van der Waals surface area (Å²) in [5, 5.41) is 2.84. The Balaban J connectivity index is 1.26. The average Bonchev–Trinajstić information content (AvgIpc) is 2.93. The van der Waals surface area contributed by atoms with Crippen molar-refractivity contribution in [1.82, 2.24) is 4.90 Å². The Morgan fingerprint density at radius 2 is 1.69 bits per heavy atom. The van der Waals surface area contributed by atoms with Gasteiger partial charge >= 0.3 is 0 Å². The van der Waals surface area contributed by atoms with Crippen molar-refractivity contribution in [2.24, 2.45) is 0 Å². The van der Waals surface area contributed by atoms with E-state index in [0.29, 0.717) is 35.8 Å².